The van der Waals surface area contributed by atoms with Gasteiger partial charge in [0.2, 0.25) is 0 Å². The van der Waals surface area contributed by atoms with Crippen LogP contribution in [0.4, 0.5) is 0 Å². The molecule has 2 heterocycles. The molecule has 0 aromatic heterocycles. The van der Waals surface area contributed by atoms with E-state index < -0.39 is 0 Å². The highest BCUT2D eigenvalue weighted by Gasteiger charge is 2.39. The maximum absolute atomic E-state index is 3.57. The first-order valence-corrected chi connectivity index (χ1v) is 7.32. The molecule has 2 saturated heterocycles. The first-order valence-electron chi connectivity index (χ1n) is 7.32. The van der Waals surface area contributed by atoms with Crippen LogP contribution in [0.2, 0.25) is 0 Å². The molecule has 3 rings (SSSR count). The molecular weight excluding hydrogens is 196 g/mol. The van der Waals surface area contributed by atoms with Gasteiger partial charge >= 0.3 is 0 Å². The van der Waals surface area contributed by atoms with Crippen molar-refractivity contribution in [1.82, 2.24) is 10.2 Å². The predicted molar refractivity (Wildman–Crippen MR) is 67.5 cm³/mol. The van der Waals surface area contributed by atoms with Crippen molar-refractivity contribution in [3.05, 3.63) is 0 Å². The molecule has 0 amide bonds. The molecule has 92 valence electrons. The second-order valence-electron chi connectivity index (χ2n) is 6.19. The number of hydrogen-bond donors (Lipinski definition) is 1. The minimum atomic E-state index is 0.841. The van der Waals surface area contributed by atoms with Crippen LogP contribution in [0.3, 0.4) is 0 Å². The summed E-state index contributed by atoms with van der Waals surface area (Å²) in [5, 5.41) is 3.57. The molecule has 3 unspecified atom stereocenters. The van der Waals surface area contributed by atoms with E-state index in [1.54, 1.807) is 0 Å². The molecule has 3 aliphatic rings. The van der Waals surface area contributed by atoms with Crippen LogP contribution in [0.5, 0.6) is 0 Å². The van der Waals surface area contributed by atoms with Gasteiger partial charge in [0.25, 0.3) is 0 Å². The van der Waals surface area contributed by atoms with Crippen LogP contribution in [0.15, 0.2) is 0 Å². The van der Waals surface area contributed by atoms with Gasteiger partial charge in [-0.25, -0.2) is 0 Å². The predicted octanol–water partition coefficient (Wildman–Crippen LogP) is 2.25. The molecule has 1 saturated carbocycles. The summed E-state index contributed by atoms with van der Waals surface area (Å²) >= 11 is 0. The van der Waals surface area contributed by atoms with Gasteiger partial charge in [-0.1, -0.05) is 19.8 Å². The van der Waals surface area contributed by atoms with E-state index in [1.807, 2.05) is 0 Å². The van der Waals surface area contributed by atoms with E-state index in [-0.39, 0.29) is 0 Å². The Morgan fingerprint density at radius 3 is 2.44 bits per heavy atom. The fourth-order valence-electron chi connectivity index (χ4n) is 4.32. The molecule has 0 bridgehead atoms. The minimum absolute atomic E-state index is 0.841. The average Bonchev–Trinajstić information content (AvgIpc) is 2.95. The number of nitrogens with one attached hydrogen (secondary N) is 1. The lowest BCUT2D eigenvalue weighted by molar-refractivity contribution is 0.122. The number of likely N-dealkylation sites (tertiary alicyclic amines) is 1. The van der Waals surface area contributed by atoms with Crippen molar-refractivity contribution in [3.63, 3.8) is 0 Å². The van der Waals surface area contributed by atoms with E-state index >= 15 is 0 Å². The van der Waals surface area contributed by atoms with Crippen LogP contribution in [0.25, 0.3) is 0 Å². The molecule has 2 nitrogen and oxygen atoms in total. The average molecular weight is 222 g/mol. The molecule has 1 N–H and O–H groups in total. The van der Waals surface area contributed by atoms with Gasteiger partial charge in [-0.3, -0.25) is 4.90 Å². The Morgan fingerprint density at radius 2 is 1.75 bits per heavy atom. The van der Waals surface area contributed by atoms with Gasteiger partial charge in [0.05, 0.1) is 0 Å². The highest BCUT2D eigenvalue weighted by Crippen LogP contribution is 2.37. The molecular formula is C14H26N2. The summed E-state index contributed by atoms with van der Waals surface area (Å²) in [5.74, 6) is 1.90. The van der Waals surface area contributed by atoms with E-state index in [1.165, 1.54) is 58.2 Å². The quantitative estimate of drug-likeness (QED) is 0.771. The lowest BCUT2D eigenvalue weighted by atomic mass is 9.93. The lowest BCUT2D eigenvalue weighted by Gasteiger charge is -2.35. The SMILES string of the molecule is CC1CNCC1N1CCCC1C1CCCC1. The fraction of sp³-hybridized carbons (Fsp3) is 1.00. The van der Waals surface area contributed by atoms with Crippen molar-refractivity contribution in [2.45, 2.75) is 57.5 Å². The summed E-state index contributed by atoms with van der Waals surface area (Å²) in [5.41, 5.74) is 0. The number of rotatable bonds is 2. The first-order chi connectivity index (χ1) is 7.86. The Hall–Kier alpha value is -0.0800. The smallest absolute Gasteiger partial charge is 0.0261 e. The monoisotopic (exact) mass is 222 g/mol. The van der Waals surface area contributed by atoms with Crippen molar-refractivity contribution in [2.24, 2.45) is 11.8 Å². The van der Waals surface area contributed by atoms with Gasteiger partial charge < -0.3 is 5.32 Å². The summed E-state index contributed by atoms with van der Waals surface area (Å²) in [6.45, 7) is 6.27. The van der Waals surface area contributed by atoms with Gasteiger partial charge in [0, 0.05) is 18.6 Å². The van der Waals surface area contributed by atoms with Gasteiger partial charge in [-0.05, 0) is 50.6 Å². The minimum Gasteiger partial charge on any atom is -0.315 e. The summed E-state index contributed by atoms with van der Waals surface area (Å²) < 4.78 is 0. The Labute approximate surface area is 99.8 Å². The molecule has 2 aliphatic heterocycles. The number of hydrogen-bond acceptors (Lipinski definition) is 2. The van der Waals surface area contributed by atoms with Gasteiger partial charge in [0.1, 0.15) is 0 Å². The summed E-state index contributed by atoms with van der Waals surface area (Å²) in [4.78, 5) is 2.88. The maximum atomic E-state index is 3.57. The van der Waals surface area contributed by atoms with E-state index in [0.717, 1.165) is 23.9 Å². The molecule has 0 aromatic carbocycles. The van der Waals surface area contributed by atoms with Gasteiger partial charge in [-0.2, -0.15) is 0 Å². The standard InChI is InChI=1S/C14H26N2/c1-11-9-15-10-14(11)16-8-4-7-13(16)12-5-2-3-6-12/h11-15H,2-10H2,1H3. The topological polar surface area (TPSA) is 15.3 Å². The van der Waals surface area contributed by atoms with Crippen molar-refractivity contribution in [2.75, 3.05) is 19.6 Å². The molecule has 0 aromatic rings. The third-order valence-corrected chi connectivity index (χ3v) is 5.19. The lowest BCUT2D eigenvalue weighted by Crippen LogP contribution is -2.45. The van der Waals surface area contributed by atoms with Crippen LogP contribution >= 0.6 is 0 Å². The second-order valence-corrected chi connectivity index (χ2v) is 6.19. The van der Waals surface area contributed by atoms with Crippen molar-refractivity contribution >= 4 is 0 Å². The molecule has 0 spiro atoms. The van der Waals surface area contributed by atoms with Crippen LogP contribution < -0.4 is 5.32 Å². The van der Waals surface area contributed by atoms with Crippen LogP contribution in [-0.2, 0) is 0 Å². The van der Waals surface area contributed by atoms with E-state index in [0.29, 0.717) is 0 Å². The zero-order chi connectivity index (χ0) is 11.0. The fourth-order valence-corrected chi connectivity index (χ4v) is 4.32. The van der Waals surface area contributed by atoms with Gasteiger partial charge in [0.15, 0.2) is 0 Å². The van der Waals surface area contributed by atoms with E-state index in [2.05, 4.69) is 17.1 Å². The third kappa shape index (κ3) is 1.91. The highest BCUT2D eigenvalue weighted by molar-refractivity contribution is 4.95. The van der Waals surface area contributed by atoms with E-state index in [4.69, 9.17) is 0 Å². The van der Waals surface area contributed by atoms with Crippen molar-refractivity contribution in [3.8, 4) is 0 Å². The van der Waals surface area contributed by atoms with Crippen LogP contribution in [0.1, 0.15) is 45.4 Å². The highest BCUT2D eigenvalue weighted by atomic mass is 15.2. The zero-order valence-corrected chi connectivity index (χ0v) is 10.6. The van der Waals surface area contributed by atoms with Crippen LogP contribution in [0, 0.1) is 11.8 Å². The molecule has 16 heavy (non-hydrogen) atoms. The van der Waals surface area contributed by atoms with E-state index in [9.17, 15) is 0 Å². The molecule has 3 fully saturated rings. The zero-order valence-electron chi connectivity index (χ0n) is 10.6. The number of nitrogens with zero attached hydrogens (tertiary/aromatic N) is 1. The largest absolute Gasteiger partial charge is 0.315 e. The summed E-state index contributed by atoms with van der Waals surface area (Å²) in [6.07, 6.45) is 8.94. The molecule has 2 heteroatoms. The van der Waals surface area contributed by atoms with Gasteiger partial charge in [-0.15, -0.1) is 0 Å². The second kappa shape index (κ2) is 4.66. The Morgan fingerprint density at radius 1 is 0.938 bits per heavy atom. The summed E-state index contributed by atoms with van der Waals surface area (Å²) in [7, 11) is 0. The summed E-state index contributed by atoms with van der Waals surface area (Å²) in [6, 6.07) is 1.78. The Kier molecular flexibility index (Phi) is 3.21. The third-order valence-electron chi connectivity index (χ3n) is 5.19. The molecule has 0 radical (unpaired) electrons. The van der Waals surface area contributed by atoms with Crippen molar-refractivity contribution < 1.29 is 0 Å². The normalized spacial score (nSPS) is 42.2. The maximum Gasteiger partial charge on any atom is 0.0261 e. The Bertz CT molecular complexity index is 235. The first kappa shape index (κ1) is 11.0. The van der Waals surface area contributed by atoms with Crippen LogP contribution in [-0.4, -0.2) is 36.6 Å². The Balaban J connectivity index is 1.68. The molecule has 1 aliphatic carbocycles. The molecule has 3 atom stereocenters. The van der Waals surface area contributed by atoms with Crippen molar-refractivity contribution in [1.29, 1.82) is 0 Å².